The van der Waals surface area contributed by atoms with Crippen molar-refractivity contribution >= 4 is 38.6 Å². The highest BCUT2D eigenvalue weighted by Gasteiger charge is 2.25. The van der Waals surface area contributed by atoms with Crippen molar-refractivity contribution in [1.82, 2.24) is 4.98 Å². The number of pyridine rings is 1. The van der Waals surface area contributed by atoms with E-state index in [1.807, 2.05) is 30.3 Å². The molecule has 1 aromatic carbocycles. The largest absolute Gasteiger partial charge is 0.309 e. The molecule has 1 aliphatic rings. The summed E-state index contributed by atoms with van der Waals surface area (Å²) in [6, 6.07) is 9.86. The van der Waals surface area contributed by atoms with Gasteiger partial charge < -0.3 is 5.32 Å². The van der Waals surface area contributed by atoms with Gasteiger partial charge in [0.25, 0.3) is 0 Å². The van der Waals surface area contributed by atoms with Gasteiger partial charge in [-0.1, -0.05) is 24.6 Å². The fraction of sp³-hybridized carbons (Fsp3) is 0.286. The lowest BCUT2D eigenvalue weighted by molar-refractivity contribution is -0.122. The van der Waals surface area contributed by atoms with E-state index in [1.54, 1.807) is 0 Å². The first-order valence-electron chi connectivity index (χ1n) is 6.10. The molecule has 3 rings (SSSR count). The fourth-order valence-electron chi connectivity index (χ4n) is 2.07. The standard InChI is InChI=1S/C14H13BrN2O/c15-11-8-10-4-1-2-7-12(10)16-13(11)17-14(18)9-5-3-6-9/h1-2,4,7-9H,3,5-6H2,(H,16,17,18). The van der Waals surface area contributed by atoms with Gasteiger partial charge in [0.1, 0.15) is 5.82 Å². The van der Waals surface area contributed by atoms with Crippen LogP contribution in [0.1, 0.15) is 19.3 Å². The molecule has 92 valence electrons. The van der Waals surface area contributed by atoms with Crippen molar-refractivity contribution in [3.05, 3.63) is 34.8 Å². The summed E-state index contributed by atoms with van der Waals surface area (Å²) in [5.41, 5.74) is 0.893. The molecule has 1 fully saturated rings. The molecule has 0 bridgehead atoms. The van der Waals surface area contributed by atoms with E-state index < -0.39 is 0 Å². The Morgan fingerprint density at radius 2 is 2.11 bits per heavy atom. The van der Waals surface area contributed by atoms with Gasteiger partial charge >= 0.3 is 0 Å². The molecule has 1 aromatic heterocycles. The summed E-state index contributed by atoms with van der Waals surface area (Å²) in [7, 11) is 0. The maximum atomic E-state index is 11.9. The average Bonchev–Trinajstić information content (AvgIpc) is 2.27. The van der Waals surface area contributed by atoms with Crippen molar-refractivity contribution in [2.24, 2.45) is 5.92 Å². The van der Waals surface area contributed by atoms with Crippen LogP contribution in [0.15, 0.2) is 34.8 Å². The van der Waals surface area contributed by atoms with Gasteiger partial charge in [-0.15, -0.1) is 0 Å². The maximum absolute atomic E-state index is 11.9. The molecule has 0 aliphatic heterocycles. The van der Waals surface area contributed by atoms with Crippen molar-refractivity contribution in [2.45, 2.75) is 19.3 Å². The molecule has 4 heteroatoms. The van der Waals surface area contributed by atoms with E-state index in [1.165, 1.54) is 0 Å². The van der Waals surface area contributed by atoms with E-state index in [-0.39, 0.29) is 11.8 Å². The predicted molar refractivity (Wildman–Crippen MR) is 75.4 cm³/mol. The van der Waals surface area contributed by atoms with Crippen LogP contribution in [0, 0.1) is 5.92 Å². The minimum atomic E-state index is 0.0877. The van der Waals surface area contributed by atoms with Crippen LogP contribution in [0.25, 0.3) is 10.9 Å². The van der Waals surface area contributed by atoms with Gasteiger partial charge in [-0.05, 0) is 40.9 Å². The Morgan fingerprint density at radius 1 is 1.33 bits per heavy atom. The Kier molecular flexibility index (Phi) is 3.04. The average molecular weight is 305 g/mol. The maximum Gasteiger partial charge on any atom is 0.228 e. The highest BCUT2D eigenvalue weighted by Crippen LogP contribution is 2.30. The first kappa shape index (κ1) is 11.7. The number of nitrogens with one attached hydrogen (secondary N) is 1. The molecule has 2 aromatic rings. The number of anilines is 1. The van der Waals surface area contributed by atoms with E-state index >= 15 is 0 Å². The Bertz CT molecular complexity index is 608. The van der Waals surface area contributed by atoms with Crippen LogP contribution >= 0.6 is 15.9 Å². The van der Waals surface area contributed by atoms with Gasteiger partial charge in [-0.3, -0.25) is 4.79 Å². The van der Waals surface area contributed by atoms with Gasteiger partial charge in [0.05, 0.1) is 9.99 Å². The molecule has 1 N–H and O–H groups in total. The van der Waals surface area contributed by atoms with E-state index in [0.29, 0.717) is 5.82 Å². The van der Waals surface area contributed by atoms with Gasteiger partial charge in [0.15, 0.2) is 0 Å². The van der Waals surface area contributed by atoms with Crippen molar-refractivity contribution < 1.29 is 4.79 Å². The highest BCUT2D eigenvalue weighted by molar-refractivity contribution is 9.10. The van der Waals surface area contributed by atoms with Crippen LogP contribution in [0.5, 0.6) is 0 Å². The van der Waals surface area contributed by atoms with Crippen LogP contribution in [0.2, 0.25) is 0 Å². The number of rotatable bonds is 2. The number of carbonyl (C=O) groups excluding carboxylic acids is 1. The lowest BCUT2D eigenvalue weighted by Gasteiger charge is -2.24. The number of aromatic nitrogens is 1. The van der Waals surface area contributed by atoms with E-state index in [4.69, 9.17) is 0 Å². The second kappa shape index (κ2) is 4.69. The molecule has 0 atom stereocenters. The van der Waals surface area contributed by atoms with Crippen LogP contribution in [0.3, 0.4) is 0 Å². The minimum absolute atomic E-state index is 0.0877. The molecule has 0 saturated heterocycles. The van der Waals surface area contributed by atoms with Crippen molar-refractivity contribution in [3.63, 3.8) is 0 Å². The van der Waals surface area contributed by atoms with Crippen molar-refractivity contribution in [2.75, 3.05) is 5.32 Å². The molecule has 1 amide bonds. The second-order valence-corrected chi connectivity index (χ2v) is 5.48. The zero-order valence-electron chi connectivity index (χ0n) is 9.82. The van der Waals surface area contributed by atoms with Gasteiger partial charge in [-0.2, -0.15) is 0 Å². The zero-order chi connectivity index (χ0) is 12.5. The third-order valence-electron chi connectivity index (χ3n) is 3.40. The summed E-state index contributed by atoms with van der Waals surface area (Å²) in [6.07, 6.45) is 3.15. The molecular weight excluding hydrogens is 292 g/mol. The summed E-state index contributed by atoms with van der Waals surface area (Å²) < 4.78 is 0.828. The van der Waals surface area contributed by atoms with Crippen molar-refractivity contribution in [1.29, 1.82) is 0 Å². The lowest BCUT2D eigenvalue weighted by atomic mass is 9.85. The zero-order valence-corrected chi connectivity index (χ0v) is 11.4. The Balaban J connectivity index is 1.91. The molecule has 1 saturated carbocycles. The topological polar surface area (TPSA) is 42.0 Å². The first-order chi connectivity index (χ1) is 8.74. The number of hydrogen-bond acceptors (Lipinski definition) is 2. The fourth-order valence-corrected chi connectivity index (χ4v) is 2.50. The molecule has 18 heavy (non-hydrogen) atoms. The molecule has 1 aliphatic carbocycles. The number of fused-ring (bicyclic) bond motifs is 1. The number of nitrogens with zero attached hydrogens (tertiary/aromatic N) is 1. The van der Waals surface area contributed by atoms with Crippen LogP contribution in [-0.4, -0.2) is 10.9 Å². The number of carbonyl (C=O) groups is 1. The monoisotopic (exact) mass is 304 g/mol. The number of benzene rings is 1. The van der Waals surface area contributed by atoms with Crippen LogP contribution < -0.4 is 5.32 Å². The molecule has 0 radical (unpaired) electrons. The summed E-state index contributed by atoms with van der Waals surface area (Å²) in [6.45, 7) is 0. The third-order valence-corrected chi connectivity index (χ3v) is 4.00. The van der Waals surface area contributed by atoms with Crippen LogP contribution in [-0.2, 0) is 4.79 Å². The van der Waals surface area contributed by atoms with Gasteiger partial charge in [0.2, 0.25) is 5.91 Å². The van der Waals surface area contributed by atoms with Crippen LogP contribution in [0.4, 0.5) is 5.82 Å². The highest BCUT2D eigenvalue weighted by atomic mass is 79.9. The Morgan fingerprint density at radius 3 is 2.83 bits per heavy atom. The van der Waals surface area contributed by atoms with E-state index in [2.05, 4.69) is 26.2 Å². The normalized spacial score (nSPS) is 15.4. The quantitative estimate of drug-likeness (QED) is 0.918. The lowest BCUT2D eigenvalue weighted by Crippen LogP contribution is -2.28. The SMILES string of the molecule is O=C(Nc1nc2ccccc2cc1Br)C1CCC1. The smallest absolute Gasteiger partial charge is 0.228 e. The van der Waals surface area contributed by atoms with Crippen molar-refractivity contribution in [3.8, 4) is 0 Å². The summed E-state index contributed by atoms with van der Waals surface area (Å²) >= 11 is 3.46. The predicted octanol–water partition coefficient (Wildman–Crippen LogP) is 3.74. The summed E-state index contributed by atoms with van der Waals surface area (Å²) in [4.78, 5) is 16.4. The molecule has 0 spiro atoms. The van der Waals surface area contributed by atoms with E-state index in [9.17, 15) is 4.79 Å². The second-order valence-electron chi connectivity index (χ2n) is 4.63. The third kappa shape index (κ3) is 2.12. The van der Waals surface area contributed by atoms with Gasteiger partial charge in [-0.25, -0.2) is 4.98 Å². The summed E-state index contributed by atoms with van der Waals surface area (Å²) in [5.74, 6) is 0.875. The molecule has 1 heterocycles. The number of halogens is 1. The Labute approximate surface area is 114 Å². The molecular formula is C14H13BrN2O. The first-order valence-corrected chi connectivity index (χ1v) is 6.89. The number of para-hydroxylation sites is 1. The Hall–Kier alpha value is -1.42. The number of amides is 1. The van der Waals surface area contributed by atoms with E-state index in [0.717, 1.165) is 34.6 Å². The molecule has 3 nitrogen and oxygen atoms in total. The summed E-state index contributed by atoms with van der Waals surface area (Å²) in [5, 5.41) is 3.97. The molecule has 0 unspecified atom stereocenters. The minimum Gasteiger partial charge on any atom is -0.309 e. The number of hydrogen-bond donors (Lipinski definition) is 1. The van der Waals surface area contributed by atoms with Gasteiger partial charge in [0, 0.05) is 11.3 Å².